The molecule has 0 atom stereocenters. The maximum atomic E-state index is 6.14. The van der Waals surface area contributed by atoms with Gasteiger partial charge in [-0.3, -0.25) is 4.98 Å². The van der Waals surface area contributed by atoms with E-state index in [1.165, 1.54) is 0 Å². The number of hydrogen-bond donors (Lipinski definition) is 2. The standard InChI is InChI=1S/C18H19N5O/c1-11-6-7-15(24-2)12(9-11)10-13-16(19)22-18(23-17(13)20)14-5-3-4-8-21-14/h3-9H,10H2,1-2H3,(H4,19,20,22,23). The molecule has 0 fully saturated rings. The molecule has 0 radical (unpaired) electrons. The van der Waals surface area contributed by atoms with E-state index < -0.39 is 0 Å². The van der Waals surface area contributed by atoms with Gasteiger partial charge in [0.1, 0.15) is 23.1 Å². The SMILES string of the molecule is COc1ccc(C)cc1Cc1c(N)nc(-c2ccccn2)nc1N. The minimum Gasteiger partial charge on any atom is -0.496 e. The minimum absolute atomic E-state index is 0.353. The van der Waals surface area contributed by atoms with Crippen LogP contribution in [-0.4, -0.2) is 22.1 Å². The van der Waals surface area contributed by atoms with Crippen LogP contribution in [0.5, 0.6) is 5.75 Å². The van der Waals surface area contributed by atoms with Crippen molar-refractivity contribution in [1.82, 2.24) is 15.0 Å². The molecule has 0 aliphatic carbocycles. The van der Waals surface area contributed by atoms with Crippen molar-refractivity contribution in [3.63, 3.8) is 0 Å². The fraction of sp³-hybridized carbons (Fsp3) is 0.167. The number of hydrogen-bond acceptors (Lipinski definition) is 6. The zero-order chi connectivity index (χ0) is 17.1. The maximum Gasteiger partial charge on any atom is 0.182 e. The molecule has 0 saturated carbocycles. The first-order valence-corrected chi connectivity index (χ1v) is 7.55. The van der Waals surface area contributed by atoms with Crippen LogP contribution in [0.3, 0.4) is 0 Å². The molecule has 6 heteroatoms. The Kier molecular flexibility index (Phi) is 4.29. The lowest BCUT2D eigenvalue weighted by atomic mass is 10.0. The van der Waals surface area contributed by atoms with Gasteiger partial charge >= 0.3 is 0 Å². The molecule has 2 aromatic heterocycles. The molecular formula is C18H19N5O. The number of anilines is 2. The lowest BCUT2D eigenvalue weighted by Gasteiger charge is -2.13. The fourth-order valence-electron chi connectivity index (χ4n) is 2.55. The van der Waals surface area contributed by atoms with E-state index in [2.05, 4.69) is 15.0 Å². The van der Waals surface area contributed by atoms with E-state index in [9.17, 15) is 0 Å². The quantitative estimate of drug-likeness (QED) is 0.766. The van der Waals surface area contributed by atoms with Crippen LogP contribution in [0, 0.1) is 6.92 Å². The molecule has 0 aliphatic heterocycles. The molecule has 3 aromatic rings. The third-order valence-electron chi connectivity index (χ3n) is 3.77. The molecule has 3 rings (SSSR count). The molecule has 0 amide bonds. The van der Waals surface area contributed by atoms with E-state index in [0.717, 1.165) is 16.9 Å². The Hall–Kier alpha value is -3.15. The van der Waals surface area contributed by atoms with E-state index in [1.807, 2.05) is 43.3 Å². The van der Waals surface area contributed by atoms with Crippen LogP contribution in [0.4, 0.5) is 11.6 Å². The van der Waals surface area contributed by atoms with Gasteiger partial charge in [0.2, 0.25) is 0 Å². The number of nitrogens with two attached hydrogens (primary N) is 2. The summed E-state index contributed by atoms with van der Waals surface area (Å²) >= 11 is 0. The Morgan fingerprint density at radius 1 is 1.04 bits per heavy atom. The van der Waals surface area contributed by atoms with Gasteiger partial charge in [0.25, 0.3) is 0 Å². The number of nitrogens with zero attached hydrogens (tertiary/aromatic N) is 3. The van der Waals surface area contributed by atoms with Crippen molar-refractivity contribution in [3.05, 3.63) is 59.3 Å². The molecule has 0 spiro atoms. The summed E-state index contributed by atoms with van der Waals surface area (Å²) in [6.07, 6.45) is 2.18. The molecule has 4 N–H and O–H groups in total. The van der Waals surface area contributed by atoms with E-state index in [0.29, 0.717) is 35.1 Å². The summed E-state index contributed by atoms with van der Waals surface area (Å²) in [5.41, 5.74) is 15.7. The predicted octanol–water partition coefficient (Wildman–Crippen LogP) is 2.61. The van der Waals surface area contributed by atoms with Crippen LogP contribution in [-0.2, 0) is 6.42 Å². The Morgan fingerprint density at radius 2 is 1.79 bits per heavy atom. The third-order valence-corrected chi connectivity index (χ3v) is 3.77. The Bertz CT molecular complexity index is 842. The largest absolute Gasteiger partial charge is 0.496 e. The lowest BCUT2D eigenvalue weighted by molar-refractivity contribution is 0.410. The zero-order valence-corrected chi connectivity index (χ0v) is 13.7. The van der Waals surface area contributed by atoms with Crippen LogP contribution < -0.4 is 16.2 Å². The van der Waals surface area contributed by atoms with E-state index in [4.69, 9.17) is 16.2 Å². The normalized spacial score (nSPS) is 10.6. The van der Waals surface area contributed by atoms with Crippen LogP contribution in [0.2, 0.25) is 0 Å². The van der Waals surface area contributed by atoms with Crippen molar-refractivity contribution in [2.45, 2.75) is 13.3 Å². The monoisotopic (exact) mass is 321 g/mol. The Morgan fingerprint density at radius 3 is 2.42 bits per heavy atom. The first kappa shape index (κ1) is 15.7. The van der Waals surface area contributed by atoms with Crippen molar-refractivity contribution < 1.29 is 4.74 Å². The van der Waals surface area contributed by atoms with Gasteiger partial charge in [-0.15, -0.1) is 0 Å². The molecule has 6 nitrogen and oxygen atoms in total. The second kappa shape index (κ2) is 6.54. The zero-order valence-electron chi connectivity index (χ0n) is 13.7. The fourth-order valence-corrected chi connectivity index (χ4v) is 2.55. The second-order valence-corrected chi connectivity index (χ2v) is 5.50. The number of nitrogen functional groups attached to an aromatic ring is 2. The van der Waals surface area contributed by atoms with Crippen molar-refractivity contribution in [2.75, 3.05) is 18.6 Å². The number of aryl methyl sites for hydroxylation is 1. The average Bonchev–Trinajstić information content (AvgIpc) is 2.59. The highest BCUT2D eigenvalue weighted by Gasteiger charge is 2.15. The summed E-state index contributed by atoms with van der Waals surface area (Å²) in [6, 6.07) is 11.5. The van der Waals surface area contributed by atoms with Gasteiger partial charge in [0.05, 0.1) is 7.11 Å². The van der Waals surface area contributed by atoms with Crippen LogP contribution >= 0.6 is 0 Å². The first-order valence-electron chi connectivity index (χ1n) is 7.55. The number of rotatable bonds is 4. The van der Waals surface area contributed by atoms with Gasteiger partial charge in [0, 0.05) is 18.2 Å². The third kappa shape index (κ3) is 3.12. The highest BCUT2D eigenvalue weighted by molar-refractivity contribution is 5.62. The van der Waals surface area contributed by atoms with Gasteiger partial charge in [-0.2, -0.15) is 0 Å². The van der Waals surface area contributed by atoms with E-state index in [-0.39, 0.29) is 0 Å². The van der Waals surface area contributed by atoms with Crippen molar-refractivity contribution >= 4 is 11.6 Å². The number of aromatic nitrogens is 3. The van der Waals surface area contributed by atoms with Gasteiger partial charge < -0.3 is 16.2 Å². The molecule has 0 aliphatic rings. The van der Waals surface area contributed by atoms with Gasteiger partial charge in [-0.05, 0) is 30.7 Å². The summed E-state index contributed by atoms with van der Waals surface area (Å²) in [5.74, 6) is 1.91. The first-order chi connectivity index (χ1) is 11.6. The summed E-state index contributed by atoms with van der Waals surface area (Å²) in [4.78, 5) is 13.0. The number of ether oxygens (including phenoxy) is 1. The van der Waals surface area contributed by atoms with Crippen LogP contribution in [0.1, 0.15) is 16.7 Å². The molecule has 0 unspecified atom stereocenters. The summed E-state index contributed by atoms with van der Waals surface area (Å²) in [6.45, 7) is 2.02. The summed E-state index contributed by atoms with van der Waals surface area (Å²) in [5, 5.41) is 0. The topological polar surface area (TPSA) is 99.9 Å². The van der Waals surface area contributed by atoms with Crippen molar-refractivity contribution in [1.29, 1.82) is 0 Å². The molecule has 24 heavy (non-hydrogen) atoms. The van der Waals surface area contributed by atoms with Gasteiger partial charge in [-0.1, -0.05) is 23.8 Å². The van der Waals surface area contributed by atoms with E-state index in [1.54, 1.807) is 13.3 Å². The summed E-state index contributed by atoms with van der Waals surface area (Å²) < 4.78 is 5.41. The van der Waals surface area contributed by atoms with Crippen LogP contribution in [0.25, 0.3) is 11.5 Å². The van der Waals surface area contributed by atoms with Crippen molar-refractivity contribution in [2.24, 2.45) is 0 Å². The molecule has 1 aromatic carbocycles. The highest BCUT2D eigenvalue weighted by Crippen LogP contribution is 2.28. The summed E-state index contributed by atoms with van der Waals surface area (Å²) in [7, 11) is 1.64. The lowest BCUT2D eigenvalue weighted by Crippen LogP contribution is -2.09. The molecule has 122 valence electrons. The maximum absolute atomic E-state index is 6.14. The number of methoxy groups -OCH3 is 1. The molecule has 2 heterocycles. The highest BCUT2D eigenvalue weighted by atomic mass is 16.5. The molecular weight excluding hydrogens is 302 g/mol. The van der Waals surface area contributed by atoms with Gasteiger partial charge in [-0.25, -0.2) is 9.97 Å². The van der Waals surface area contributed by atoms with Crippen LogP contribution in [0.15, 0.2) is 42.6 Å². The second-order valence-electron chi connectivity index (χ2n) is 5.50. The average molecular weight is 321 g/mol. The van der Waals surface area contributed by atoms with Crippen molar-refractivity contribution in [3.8, 4) is 17.3 Å². The van der Waals surface area contributed by atoms with Gasteiger partial charge in [0.15, 0.2) is 5.82 Å². The number of benzene rings is 1. The Labute approximate surface area is 140 Å². The molecule has 0 saturated heterocycles. The Balaban J connectivity index is 2.00. The number of pyridine rings is 1. The molecule has 0 bridgehead atoms. The minimum atomic E-state index is 0.353. The smallest absolute Gasteiger partial charge is 0.182 e. The van der Waals surface area contributed by atoms with E-state index >= 15 is 0 Å². The predicted molar refractivity (Wildman–Crippen MR) is 94.6 cm³/mol.